The summed E-state index contributed by atoms with van der Waals surface area (Å²) in [6, 6.07) is 5.98. The van der Waals surface area contributed by atoms with Gasteiger partial charge in [0.25, 0.3) is 0 Å². The molecule has 3 rings (SSSR count). The first-order valence-corrected chi connectivity index (χ1v) is 8.46. The van der Waals surface area contributed by atoms with Gasteiger partial charge in [-0.15, -0.1) is 11.3 Å². The van der Waals surface area contributed by atoms with Crippen LogP contribution >= 0.6 is 11.3 Å². The Morgan fingerprint density at radius 1 is 1.38 bits per heavy atom. The minimum absolute atomic E-state index is 0.135. The third kappa shape index (κ3) is 3.62. The number of thiophene rings is 1. The first kappa shape index (κ1) is 14.9. The highest BCUT2D eigenvalue weighted by Crippen LogP contribution is 2.34. The van der Waals surface area contributed by atoms with E-state index in [1.165, 1.54) is 17.7 Å². The van der Waals surface area contributed by atoms with Crippen LogP contribution in [-0.4, -0.2) is 12.6 Å². The molecule has 1 saturated carbocycles. The summed E-state index contributed by atoms with van der Waals surface area (Å²) in [5.41, 5.74) is 1.03. The molecule has 0 atom stereocenters. The van der Waals surface area contributed by atoms with Crippen molar-refractivity contribution in [3.8, 4) is 0 Å². The van der Waals surface area contributed by atoms with Gasteiger partial charge < -0.3 is 10.1 Å². The minimum Gasteiger partial charge on any atom is -0.376 e. The number of hydrogen-bond acceptors (Lipinski definition) is 3. The lowest BCUT2D eigenvalue weighted by Crippen LogP contribution is -2.15. The van der Waals surface area contributed by atoms with E-state index >= 15 is 0 Å². The Hall–Kier alpha value is -0.970. The van der Waals surface area contributed by atoms with Crippen LogP contribution in [0.2, 0.25) is 0 Å². The molecule has 21 heavy (non-hydrogen) atoms. The zero-order valence-corrected chi connectivity index (χ0v) is 13.4. The third-order valence-corrected chi connectivity index (χ3v) is 4.87. The van der Waals surface area contributed by atoms with E-state index in [1.807, 2.05) is 6.07 Å². The van der Waals surface area contributed by atoms with Gasteiger partial charge in [0.2, 0.25) is 0 Å². The van der Waals surface area contributed by atoms with Crippen molar-refractivity contribution in [3.63, 3.8) is 0 Å². The van der Waals surface area contributed by atoms with E-state index in [1.54, 1.807) is 23.5 Å². The fourth-order valence-corrected chi connectivity index (χ4v) is 3.61. The van der Waals surface area contributed by atoms with Crippen LogP contribution in [0.1, 0.15) is 37.1 Å². The molecule has 1 aliphatic carbocycles. The van der Waals surface area contributed by atoms with Crippen LogP contribution in [0.3, 0.4) is 0 Å². The highest BCUT2D eigenvalue weighted by molar-refractivity contribution is 7.19. The highest BCUT2D eigenvalue weighted by Gasteiger charge is 2.22. The van der Waals surface area contributed by atoms with E-state index in [9.17, 15) is 4.39 Å². The standard InChI is InChI=1S/C17H22FNOS/c1-11(2)9-20-10-13-16(8-19-12-6-7-12)21-15-5-3-4-14(18)17(13)15/h3-5,11-12,19H,6-10H2,1-2H3. The van der Waals surface area contributed by atoms with Gasteiger partial charge in [-0.05, 0) is 30.9 Å². The Morgan fingerprint density at radius 3 is 2.90 bits per heavy atom. The van der Waals surface area contributed by atoms with Crippen LogP contribution in [0.4, 0.5) is 4.39 Å². The van der Waals surface area contributed by atoms with Crippen molar-refractivity contribution >= 4 is 21.4 Å². The van der Waals surface area contributed by atoms with Crippen LogP contribution in [-0.2, 0) is 17.9 Å². The fourth-order valence-electron chi connectivity index (χ4n) is 2.43. The molecule has 0 amide bonds. The van der Waals surface area contributed by atoms with Gasteiger partial charge >= 0.3 is 0 Å². The van der Waals surface area contributed by atoms with Crippen molar-refractivity contribution < 1.29 is 9.13 Å². The second-order valence-corrected chi connectivity index (χ2v) is 7.32. The fraction of sp³-hybridized carbons (Fsp3) is 0.529. The summed E-state index contributed by atoms with van der Waals surface area (Å²) in [5, 5.41) is 4.27. The molecule has 0 bridgehead atoms. The molecule has 4 heteroatoms. The van der Waals surface area contributed by atoms with E-state index in [0.717, 1.165) is 22.2 Å². The van der Waals surface area contributed by atoms with Crippen molar-refractivity contribution in [2.75, 3.05) is 6.61 Å². The van der Waals surface area contributed by atoms with Crippen molar-refractivity contribution in [2.45, 2.75) is 45.9 Å². The Balaban J connectivity index is 1.85. The third-order valence-electron chi connectivity index (χ3n) is 3.67. The SMILES string of the molecule is CC(C)COCc1c(CNC2CC2)sc2cccc(F)c12. The molecular formula is C17H22FNOS. The molecule has 1 aromatic carbocycles. The van der Waals surface area contributed by atoms with Crippen molar-refractivity contribution in [1.82, 2.24) is 5.32 Å². The molecule has 1 aliphatic rings. The molecule has 2 nitrogen and oxygen atoms in total. The Labute approximate surface area is 129 Å². The molecule has 0 aliphatic heterocycles. The van der Waals surface area contributed by atoms with Gasteiger partial charge in [-0.1, -0.05) is 19.9 Å². The normalized spacial score (nSPS) is 15.2. The predicted octanol–water partition coefficient (Wildman–Crippen LogP) is 4.47. The lowest BCUT2D eigenvalue weighted by Gasteiger charge is -2.09. The molecular weight excluding hydrogens is 285 g/mol. The number of halogens is 1. The lowest BCUT2D eigenvalue weighted by molar-refractivity contribution is 0.0974. The number of ether oxygens (including phenoxy) is 1. The lowest BCUT2D eigenvalue weighted by atomic mass is 10.1. The molecule has 1 N–H and O–H groups in total. The van der Waals surface area contributed by atoms with E-state index < -0.39 is 0 Å². The van der Waals surface area contributed by atoms with Crippen LogP contribution in [0, 0.1) is 11.7 Å². The molecule has 1 heterocycles. The quantitative estimate of drug-likeness (QED) is 0.815. The topological polar surface area (TPSA) is 21.3 Å². The monoisotopic (exact) mass is 307 g/mol. The predicted molar refractivity (Wildman–Crippen MR) is 86.1 cm³/mol. The molecule has 1 fully saturated rings. The second-order valence-electron chi connectivity index (χ2n) is 6.18. The Bertz CT molecular complexity index is 619. The molecule has 2 aromatic rings. The first-order chi connectivity index (χ1) is 10.1. The summed E-state index contributed by atoms with van der Waals surface area (Å²) in [6.07, 6.45) is 2.52. The Kier molecular flexibility index (Phi) is 4.57. The summed E-state index contributed by atoms with van der Waals surface area (Å²) < 4.78 is 21.0. The van der Waals surface area contributed by atoms with E-state index in [0.29, 0.717) is 25.2 Å². The molecule has 0 unspecified atom stereocenters. The summed E-state index contributed by atoms with van der Waals surface area (Å²) in [4.78, 5) is 1.21. The van der Waals surface area contributed by atoms with Crippen molar-refractivity contribution in [1.29, 1.82) is 0 Å². The number of nitrogens with one attached hydrogen (secondary N) is 1. The Morgan fingerprint density at radius 2 is 2.19 bits per heavy atom. The van der Waals surface area contributed by atoms with Gasteiger partial charge in [0.15, 0.2) is 0 Å². The zero-order valence-electron chi connectivity index (χ0n) is 12.6. The summed E-state index contributed by atoms with van der Waals surface area (Å²) in [7, 11) is 0. The smallest absolute Gasteiger partial charge is 0.132 e. The number of benzene rings is 1. The van der Waals surface area contributed by atoms with Gasteiger partial charge in [0.05, 0.1) is 6.61 Å². The van der Waals surface area contributed by atoms with E-state index in [-0.39, 0.29) is 5.82 Å². The van der Waals surface area contributed by atoms with E-state index in [2.05, 4.69) is 19.2 Å². The average molecular weight is 307 g/mol. The van der Waals surface area contributed by atoms with Gasteiger partial charge in [-0.25, -0.2) is 4.39 Å². The molecule has 1 aromatic heterocycles. The molecule has 0 saturated heterocycles. The van der Waals surface area contributed by atoms with Crippen molar-refractivity contribution in [2.24, 2.45) is 5.92 Å². The van der Waals surface area contributed by atoms with Crippen LogP contribution < -0.4 is 5.32 Å². The maximum Gasteiger partial charge on any atom is 0.132 e. The maximum absolute atomic E-state index is 14.2. The zero-order chi connectivity index (χ0) is 14.8. The minimum atomic E-state index is -0.135. The largest absolute Gasteiger partial charge is 0.376 e. The van der Waals surface area contributed by atoms with E-state index in [4.69, 9.17) is 4.74 Å². The van der Waals surface area contributed by atoms with Gasteiger partial charge in [0, 0.05) is 39.7 Å². The van der Waals surface area contributed by atoms with Crippen LogP contribution in [0.5, 0.6) is 0 Å². The van der Waals surface area contributed by atoms with Crippen LogP contribution in [0.25, 0.3) is 10.1 Å². The number of rotatable bonds is 7. The second kappa shape index (κ2) is 6.42. The van der Waals surface area contributed by atoms with Gasteiger partial charge in [-0.2, -0.15) is 0 Å². The number of hydrogen-bond donors (Lipinski definition) is 1. The number of fused-ring (bicyclic) bond motifs is 1. The van der Waals surface area contributed by atoms with Gasteiger partial charge in [0.1, 0.15) is 5.82 Å². The summed E-state index contributed by atoms with van der Waals surface area (Å²) in [5.74, 6) is 0.359. The maximum atomic E-state index is 14.2. The summed E-state index contributed by atoms with van der Waals surface area (Å²) in [6.45, 7) is 6.29. The highest BCUT2D eigenvalue weighted by atomic mass is 32.1. The van der Waals surface area contributed by atoms with Crippen molar-refractivity contribution in [3.05, 3.63) is 34.5 Å². The summed E-state index contributed by atoms with van der Waals surface area (Å²) >= 11 is 1.68. The molecule has 0 radical (unpaired) electrons. The average Bonchev–Trinajstić information content (AvgIpc) is 3.19. The molecule has 0 spiro atoms. The molecule has 114 valence electrons. The van der Waals surface area contributed by atoms with Gasteiger partial charge in [-0.3, -0.25) is 0 Å². The van der Waals surface area contributed by atoms with Crippen LogP contribution in [0.15, 0.2) is 18.2 Å². The first-order valence-electron chi connectivity index (χ1n) is 7.65.